The van der Waals surface area contributed by atoms with E-state index in [0.29, 0.717) is 0 Å². The average Bonchev–Trinajstić information content (AvgIpc) is 1.97. The summed E-state index contributed by atoms with van der Waals surface area (Å²) in [5.41, 5.74) is 0. The quantitative estimate of drug-likeness (QED) is 0.701. The van der Waals surface area contributed by atoms with Crippen LogP contribution in [0.5, 0.6) is 0 Å². The smallest absolute Gasteiger partial charge is 0.304 e. The molecule has 65 valence electrons. The summed E-state index contributed by atoms with van der Waals surface area (Å²) in [6.07, 6.45) is 5.06. The Bertz CT molecular complexity index is 117. The third-order valence-corrected chi connectivity index (χ3v) is 2.81. The normalized spacial score (nSPS) is 12.9. The van der Waals surface area contributed by atoms with Gasteiger partial charge < -0.3 is 5.11 Å². The monoisotopic (exact) mass is 193 g/mol. The standard InChI is InChI=1S/C7H13O2S2/c1-10-4-3-6(11-2)5-7(8)9/h4,6H,3,5H2,1-2H3,(H,8,9). The lowest BCUT2D eigenvalue weighted by molar-refractivity contribution is -0.136. The van der Waals surface area contributed by atoms with Crippen LogP contribution >= 0.6 is 23.5 Å². The van der Waals surface area contributed by atoms with Crippen LogP contribution in [0.25, 0.3) is 0 Å². The van der Waals surface area contributed by atoms with Crippen molar-refractivity contribution < 1.29 is 9.90 Å². The molecule has 0 aromatic heterocycles. The van der Waals surface area contributed by atoms with Crippen LogP contribution < -0.4 is 0 Å². The molecule has 0 amide bonds. The summed E-state index contributed by atoms with van der Waals surface area (Å²) in [6.45, 7) is 0. The van der Waals surface area contributed by atoms with E-state index in [0.717, 1.165) is 6.42 Å². The van der Waals surface area contributed by atoms with Gasteiger partial charge in [-0.1, -0.05) is 0 Å². The van der Waals surface area contributed by atoms with Gasteiger partial charge in [0.05, 0.1) is 6.42 Å². The van der Waals surface area contributed by atoms with Crippen molar-refractivity contribution in [3.8, 4) is 0 Å². The maximum atomic E-state index is 10.3. The van der Waals surface area contributed by atoms with Gasteiger partial charge in [-0.25, -0.2) is 0 Å². The number of carboxylic acid groups (broad SMARTS) is 1. The van der Waals surface area contributed by atoms with Crippen LogP contribution in [0.2, 0.25) is 0 Å². The minimum atomic E-state index is -0.709. The maximum absolute atomic E-state index is 10.3. The molecule has 0 bridgehead atoms. The third-order valence-electron chi connectivity index (χ3n) is 1.26. The van der Waals surface area contributed by atoms with Gasteiger partial charge in [-0.3, -0.25) is 4.79 Å². The van der Waals surface area contributed by atoms with Crippen molar-refractivity contribution in [2.75, 3.05) is 12.5 Å². The molecule has 2 nitrogen and oxygen atoms in total. The van der Waals surface area contributed by atoms with Gasteiger partial charge in [0.25, 0.3) is 0 Å². The van der Waals surface area contributed by atoms with E-state index >= 15 is 0 Å². The Hall–Kier alpha value is 0.170. The second-order valence-corrected chi connectivity index (χ2v) is 4.04. The van der Waals surface area contributed by atoms with E-state index in [1.54, 1.807) is 23.5 Å². The van der Waals surface area contributed by atoms with Crippen molar-refractivity contribution in [1.82, 2.24) is 0 Å². The predicted octanol–water partition coefficient (Wildman–Crippen LogP) is 2.11. The second-order valence-electron chi connectivity index (χ2n) is 2.09. The highest BCUT2D eigenvalue weighted by Gasteiger charge is 2.10. The molecule has 0 aliphatic rings. The van der Waals surface area contributed by atoms with Crippen molar-refractivity contribution >= 4 is 29.5 Å². The summed E-state index contributed by atoms with van der Waals surface area (Å²) in [7, 11) is 0. The molecule has 1 atom stereocenters. The molecule has 0 aromatic rings. The highest BCUT2D eigenvalue weighted by Crippen LogP contribution is 2.19. The van der Waals surface area contributed by atoms with Crippen molar-refractivity contribution in [2.45, 2.75) is 18.1 Å². The van der Waals surface area contributed by atoms with Crippen molar-refractivity contribution in [3.05, 3.63) is 5.75 Å². The minimum absolute atomic E-state index is 0.236. The van der Waals surface area contributed by atoms with E-state index in [1.165, 1.54) is 0 Å². The lowest BCUT2D eigenvalue weighted by atomic mass is 10.2. The Balaban J connectivity index is 3.49. The second kappa shape index (κ2) is 6.85. The van der Waals surface area contributed by atoms with E-state index < -0.39 is 5.97 Å². The van der Waals surface area contributed by atoms with Crippen LogP contribution in [0.4, 0.5) is 0 Å². The van der Waals surface area contributed by atoms with Crippen LogP contribution in [-0.2, 0) is 4.79 Å². The Labute approximate surface area is 76.1 Å². The summed E-state index contributed by atoms with van der Waals surface area (Å²) in [4.78, 5) is 10.3. The number of carbonyl (C=O) groups is 1. The number of hydrogen-bond acceptors (Lipinski definition) is 3. The Morgan fingerprint density at radius 2 is 2.27 bits per heavy atom. The fraction of sp³-hybridized carbons (Fsp3) is 0.714. The molecule has 0 spiro atoms. The molecule has 0 saturated carbocycles. The van der Waals surface area contributed by atoms with Crippen LogP contribution in [-0.4, -0.2) is 28.8 Å². The molecule has 0 rings (SSSR count). The SMILES string of the molecule is CS[CH]CC(CC(=O)O)SC. The van der Waals surface area contributed by atoms with Gasteiger partial charge >= 0.3 is 5.97 Å². The molecule has 1 N–H and O–H groups in total. The average molecular weight is 193 g/mol. The maximum Gasteiger partial charge on any atom is 0.304 e. The molecular weight excluding hydrogens is 180 g/mol. The minimum Gasteiger partial charge on any atom is -0.481 e. The van der Waals surface area contributed by atoms with Crippen molar-refractivity contribution in [1.29, 1.82) is 0 Å². The highest BCUT2D eigenvalue weighted by atomic mass is 32.2. The largest absolute Gasteiger partial charge is 0.481 e. The van der Waals surface area contributed by atoms with Gasteiger partial charge in [-0.2, -0.15) is 23.5 Å². The number of carboxylic acids is 1. The summed E-state index contributed by atoms with van der Waals surface area (Å²) in [5.74, 6) is 1.34. The van der Waals surface area contributed by atoms with Gasteiger partial charge in [-0.05, 0) is 18.9 Å². The van der Waals surface area contributed by atoms with Crippen LogP contribution in [0.1, 0.15) is 12.8 Å². The lowest BCUT2D eigenvalue weighted by Gasteiger charge is -2.09. The topological polar surface area (TPSA) is 37.3 Å². The predicted molar refractivity (Wildman–Crippen MR) is 52.0 cm³/mol. The molecule has 1 unspecified atom stereocenters. The Morgan fingerprint density at radius 1 is 1.64 bits per heavy atom. The first-order valence-electron chi connectivity index (χ1n) is 3.29. The fourth-order valence-corrected chi connectivity index (χ4v) is 1.81. The molecule has 0 heterocycles. The Morgan fingerprint density at radius 3 is 2.64 bits per heavy atom. The van der Waals surface area contributed by atoms with Crippen LogP contribution in [0.15, 0.2) is 0 Å². The highest BCUT2D eigenvalue weighted by molar-refractivity contribution is 8.01. The Kier molecular flexibility index (Phi) is 6.96. The van der Waals surface area contributed by atoms with Crippen LogP contribution in [0, 0.1) is 5.75 Å². The summed E-state index contributed by atoms with van der Waals surface area (Å²) >= 11 is 3.25. The first-order valence-corrected chi connectivity index (χ1v) is 5.87. The number of hydrogen-bond donors (Lipinski definition) is 1. The molecular formula is C7H13O2S2. The van der Waals surface area contributed by atoms with E-state index in [4.69, 9.17) is 5.11 Å². The molecule has 0 saturated heterocycles. The first kappa shape index (κ1) is 11.2. The van der Waals surface area contributed by atoms with E-state index in [-0.39, 0.29) is 11.7 Å². The fourth-order valence-electron chi connectivity index (χ4n) is 0.661. The van der Waals surface area contributed by atoms with Gasteiger partial charge in [0.15, 0.2) is 0 Å². The zero-order valence-electron chi connectivity index (χ0n) is 6.74. The van der Waals surface area contributed by atoms with Gasteiger partial charge in [0.2, 0.25) is 0 Å². The summed E-state index contributed by atoms with van der Waals surface area (Å²) in [5, 5.41) is 8.72. The molecule has 0 aromatic carbocycles. The molecule has 1 radical (unpaired) electrons. The zero-order chi connectivity index (χ0) is 8.69. The van der Waals surface area contributed by atoms with E-state index in [1.807, 2.05) is 18.3 Å². The van der Waals surface area contributed by atoms with Crippen molar-refractivity contribution in [3.63, 3.8) is 0 Å². The molecule has 0 aliphatic carbocycles. The number of thioether (sulfide) groups is 2. The number of rotatable bonds is 6. The van der Waals surface area contributed by atoms with Gasteiger partial charge in [0.1, 0.15) is 0 Å². The zero-order valence-corrected chi connectivity index (χ0v) is 8.37. The van der Waals surface area contributed by atoms with E-state index in [2.05, 4.69) is 0 Å². The first-order chi connectivity index (χ1) is 5.20. The van der Waals surface area contributed by atoms with E-state index in [9.17, 15) is 4.79 Å². The third kappa shape index (κ3) is 6.56. The van der Waals surface area contributed by atoms with Crippen molar-refractivity contribution in [2.24, 2.45) is 0 Å². The molecule has 0 aliphatic heterocycles. The van der Waals surface area contributed by atoms with Gasteiger partial charge in [-0.15, -0.1) is 0 Å². The summed E-state index contributed by atoms with van der Waals surface area (Å²) < 4.78 is 0. The summed E-state index contributed by atoms with van der Waals surface area (Å²) in [6, 6.07) is 0. The molecule has 11 heavy (non-hydrogen) atoms. The lowest BCUT2D eigenvalue weighted by Crippen LogP contribution is -2.08. The van der Waals surface area contributed by atoms with Crippen LogP contribution in [0.3, 0.4) is 0 Å². The number of aliphatic carboxylic acids is 1. The molecule has 0 fully saturated rings. The molecule has 4 heteroatoms. The van der Waals surface area contributed by atoms with Gasteiger partial charge in [0, 0.05) is 11.0 Å².